The number of likely N-dealkylation sites (tertiary alicyclic amines) is 1. The van der Waals surface area contributed by atoms with E-state index in [1.165, 1.54) is 12.8 Å². The number of carbonyl (C=O) groups excluding carboxylic acids is 1. The van der Waals surface area contributed by atoms with E-state index in [-0.39, 0.29) is 12.1 Å². The van der Waals surface area contributed by atoms with Gasteiger partial charge in [-0.3, -0.25) is 0 Å². The van der Waals surface area contributed by atoms with Gasteiger partial charge in [0.05, 0.1) is 0 Å². The fourth-order valence-corrected chi connectivity index (χ4v) is 2.98. The second kappa shape index (κ2) is 8.19. The monoisotopic (exact) mass is 312 g/mol. The van der Waals surface area contributed by atoms with E-state index in [0.717, 1.165) is 25.3 Å². The Kier molecular flexibility index (Phi) is 7.17. The average molecular weight is 312 g/mol. The molecule has 1 rings (SSSR count). The maximum atomic E-state index is 12.2. The minimum absolute atomic E-state index is 0.175. The number of nitrogens with one attached hydrogen (secondary N) is 1. The highest BCUT2D eigenvalue weighted by Crippen LogP contribution is 2.21. The summed E-state index contributed by atoms with van der Waals surface area (Å²) in [5.41, 5.74) is -0.419. The van der Waals surface area contributed by atoms with Crippen molar-refractivity contribution < 1.29 is 9.53 Å². The van der Waals surface area contributed by atoms with Gasteiger partial charge in [0, 0.05) is 24.7 Å². The van der Waals surface area contributed by atoms with Gasteiger partial charge in [0.1, 0.15) is 5.60 Å². The van der Waals surface area contributed by atoms with Crippen LogP contribution in [0.5, 0.6) is 0 Å². The van der Waals surface area contributed by atoms with E-state index in [2.05, 4.69) is 33.0 Å². The van der Waals surface area contributed by atoms with Gasteiger partial charge in [-0.15, -0.1) is 0 Å². The van der Waals surface area contributed by atoms with Crippen molar-refractivity contribution >= 4 is 6.09 Å². The maximum Gasteiger partial charge on any atom is 0.410 e. The van der Waals surface area contributed by atoms with Crippen molar-refractivity contribution in [3.05, 3.63) is 0 Å². The van der Waals surface area contributed by atoms with Gasteiger partial charge in [-0.25, -0.2) is 4.79 Å². The summed E-state index contributed by atoms with van der Waals surface area (Å²) < 4.78 is 5.50. The lowest BCUT2D eigenvalue weighted by Gasteiger charge is -2.39. The van der Waals surface area contributed by atoms with Crippen LogP contribution in [0, 0.1) is 5.92 Å². The second-order valence-electron chi connectivity index (χ2n) is 8.28. The molecule has 1 N–H and O–H groups in total. The number of carbonyl (C=O) groups is 1. The zero-order valence-corrected chi connectivity index (χ0v) is 15.6. The topological polar surface area (TPSA) is 41.6 Å². The number of amides is 1. The van der Waals surface area contributed by atoms with Crippen LogP contribution in [0.15, 0.2) is 0 Å². The average Bonchev–Trinajstić information content (AvgIpc) is 2.34. The Hall–Kier alpha value is -0.770. The lowest BCUT2D eigenvalue weighted by molar-refractivity contribution is 0.00902. The summed E-state index contributed by atoms with van der Waals surface area (Å²) in [7, 11) is 0. The molecule has 0 saturated carbocycles. The van der Waals surface area contributed by atoms with Crippen LogP contribution in [0.4, 0.5) is 4.79 Å². The number of hydrogen-bond donors (Lipinski definition) is 1. The third-order valence-electron chi connectivity index (χ3n) is 4.20. The van der Waals surface area contributed by atoms with Gasteiger partial charge in [0.25, 0.3) is 0 Å². The number of hydrogen-bond acceptors (Lipinski definition) is 3. The van der Waals surface area contributed by atoms with Gasteiger partial charge in [-0.05, 0) is 66.2 Å². The summed E-state index contributed by atoms with van der Waals surface area (Å²) >= 11 is 0. The zero-order valence-electron chi connectivity index (χ0n) is 15.6. The minimum Gasteiger partial charge on any atom is -0.444 e. The van der Waals surface area contributed by atoms with E-state index in [1.54, 1.807) is 0 Å². The SMILES string of the molecule is CC(C)CCC(C)NC1CCN(C(=O)OC(C)(C)C)C(C)C1. The second-order valence-corrected chi connectivity index (χ2v) is 8.28. The molecule has 1 fully saturated rings. The Morgan fingerprint density at radius 3 is 2.41 bits per heavy atom. The molecule has 1 saturated heterocycles. The first-order valence-corrected chi connectivity index (χ1v) is 8.84. The van der Waals surface area contributed by atoms with Crippen molar-refractivity contribution in [3.8, 4) is 0 Å². The summed E-state index contributed by atoms with van der Waals surface area (Å²) in [6.07, 6.45) is 4.32. The number of nitrogens with zero attached hydrogens (tertiary/aromatic N) is 1. The van der Waals surface area contributed by atoms with Crippen molar-refractivity contribution in [2.75, 3.05) is 6.54 Å². The van der Waals surface area contributed by atoms with Crippen LogP contribution in [0.3, 0.4) is 0 Å². The smallest absolute Gasteiger partial charge is 0.410 e. The molecule has 3 atom stereocenters. The van der Waals surface area contributed by atoms with Crippen molar-refractivity contribution in [2.45, 2.75) is 97.9 Å². The lowest BCUT2D eigenvalue weighted by atomic mass is 9.96. The van der Waals surface area contributed by atoms with Crippen LogP contribution in [0.2, 0.25) is 0 Å². The van der Waals surface area contributed by atoms with Crippen molar-refractivity contribution in [1.82, 2.24) is 10.2 Å². The maximum absolute atomic E-state index is 12.2. The van der Waals surface area contributed by atoms with Crippen LogP contribution < -0.4 is 5.32 Å². The van der Waals surface area contributed by atoms with E-state index in [0.29, 0.717) is 12.1 Å². The number of ether oxygens (including phenoxy) is 1. The molecule has 0 bridgehead atoms. The summed E-state index contributed by atoms with van der Waals surface area (Å²) in [4.78, 5) is 14.1. The molecule has 22 heavy (non-hydrogen) atoms. The summed E-state index contributed by atoms with van der Waals surface area (Å²) in [6.45, 7) is 15.5. The third-order valence-corrected chi connectivity index (χ3v) is 4.20. The highest BCUT2D eigenvalue weighted by Gasteiger charge is 2.32. The Balaban J connectivity index is 2.40. The molecule has 0 aromatic heterocycles. The number of rotatable bonds is 5. The molecule has 3 unspecified atom stereocenters. The summed E-state index contributed by atoms with van der Waals surface area (Å²) in [5.74, 6) is 0.761. The summed E-state index contributed by atoms with van der Waals surface area (Å²) in [6, 6.07) is 1.29. The van der Waals surface area contributed by atoms with Crippen molar-refractivity contribution in [3.63, 3.8) is 0 Å². The first kappa shape index (κ1) is 19.3. The van der Waals surface area contributed by atoms with E-state index in [9.17, 15) is 4.79 Å². The van der Waals surface area contributed by atoms with E-state index in [1.807, 2.05) is 25.7 Å². The zero-order chi connectivity index (χ0) is 16.9. The fraction of sp³-hybridized carbons (Fsp3) is 0.944. The van der Waals surface area contributed by atoms with Gasteiger partial charge < -0.3 is 15.0 Å². The standard InChI is InChI=1S/C18H36N2O2/c1-13(2)8-9-14(3)19-16-10-11-20(15(4)12-16)17(21)22-18(5,6)7/h13-16,19H,8-12H2,1-7H3. The molecular weight excluding hydrogens is 276 g/mol. The quantitative estimate of drug-likeness (QED) is 0.827. The predicted octanol–water partition coefficient (Wildman–Crippen LogP) is 4.19. The Labute approximate surface area is 137 Å². The molecule has 1 aliphatic heterocycles. The molecule has 0 aromatic carbocycles. The molecule has 4 heteroatoms. The third kappa shape index (κ3) is 6.99. The largest absolute Gasteiger partial charge is 0.444 e. The van der Waals surface area contributed by atoms with Crippen LogP contribution in [-0.2, 0) is 4.74 Å². The Morgan fingerprint density at radius 2 is 1.91 bits per heavy atom. The highest BCUT2D eigenvalue weighted by atomic mass is 16.6. The first-order chi connectivity index (χ1) is 10.1. The minimum atomic E-state index is -0.419. The molecular formula is C18H36N2O2. The lowest BCUT2D eigenvalue weighted by Crippen LogP contribution is -2.52. The molecule has 1 aliphatic rings. The predicted molar refractivity (Wildman–Crippen MR) is 92.1 cm³/mol. The van der Waals surface area contributed by atoms with Gasteiger partial charge in [-0.2, -0.15) is 0 Å². The van der Waals surface area contributed by atoms with Crippen LogP contribution in [0.1, 0.15) is 74.1 Å². The molecule has 0 aromatic rings. The van der Waals surface area contributed by atoms with Gasteiger partial charge >= 0.3 is 6.09 Å². The Bertz CT molecular complexity index is 349. The summed E-state index contributed by atoms with van der Waals surface area (Å²) in [5, 5.41) is 3.73. The van der Waals surface area contributed by atoms with E-state index in [4.69, 9.17) is 4.74 Å². The van der Waals surface area contributed by atoms with Gasteiger partial charge in [0.15, 0.2) is 0 Å². The Morgan fingerprint density at radius 1 is 1.27 bits per heavy atom. The normalized spacial score (nSPS) is 24.5. The molecule has 1 heterocycles. The molecule has 0 aliphatic carbocycles. The highest BCUT2D eigenvalue weighted by molar-refractivity contribution is 5.68. The fourth-order valence-electron chi connectivity index (χ4n) is 2.98. The van der Waals surface area contributed by atoms with Crippen molar-refractivity contribution in [1.29, 1.82) is 0 Å². The van der Waals surface area contributed by atoms with Crippen LogP contribution >= 0.6 is 0 Å². The van der Waals surface area contributed by atoms with Gasteiger partial charge in [0.2, 0.25) is 0 Å². The van der Waals surface area contributed by atoms with E-state index < -0.39 is 5.60 Å². The van der Waals surface area contributed by atoms with Crippen molar-refractivity contribution in [2.24, 2.45) is 5.92 Å². The van der Waals surface area contributed by atoms with E-state index >= 15 is 0 Å². The van der Waals surface area contributed by atoms with Gasteiger partial charge in [-0.1, -0.05) is 13.8 Å². The first-order valence-electron chi connectivity index (χ1n) is 8.84. The van der Waals surface area contributed by atoms with Crippen LogP contribution in [0.25, 0.3) is 0 Å². The molecule has 130 valence electrons. The number of piperidine rings is 1. The molecule has 0 spiro atoms. The van der Waals surface area contributed by atoms with Crippen LogP contribution in [-0.4, -0.2) is 41.3 Å². The molecule has 1 amide bonds. The molecule has 4 nitrogen and oxygen atoms in total. The molecule has 0 radical (unpaired) electrons.